The van der Waals surface area contributed by atoms with Crippen LogP contribution in [0.5, 0.6) is 11.5 Å². The Labute approximate surface area is 131 Å². The molecule has 2 N–H and O–H groups in total. The van der Waals surface area contributed by atoms with E-state index in [1.165, 1.54) is 0 Å². The van der Waals surface area contributed by atoms with Crippen LogP contribution in [-0.4, -0.2) is 36.1 Å². The van der Waals surface area contributed by atoms with Crippen LogP contribution in [0.1, 0.15) is 38.7 Å². The summed E-state index contributed by atoms with van der Waals surface area (Å²) in [6.07, 6.45) is 2.15. The summed E-state index contributed by atoms with van der Waals surface area (Å²) >= 11 is 6.23. The number of aliphatic hydroxyl groups is 2. The summed E-state index contributed by atoms with van der Waals surface area (Å²) in [5.74, 6) is 1.36. The minimum absolute atomic E-state index is 0.240. The largest absolute Gasteiger partial charge is 0.493 e. The van der Waals surface area contributed by atoms with Crippen LogP contribution in [0.25, 0.3) is 0 Å². The summed E-state index contributed by atoms with van der Waals surface area (Å²) in [6, 6.07) is 3.63. The van der Waals surface area contributed by atoms with Gasteiger partial charge in [0.2, 0.25) is 0 Å². The molecule has 0 aliphatic carbocycles. The van der Waals surface area contributed by atoms with Crippen LogP contribution >= 0.6 is 11.6 Å². The Morgan fingerprint density at radius 3 is 2.29 bits per heavy atom. The van der Waals surface area contributed by atoms with E-state index in [1.807, 2.05) is 26.0 Å². The highest BCUT2D eigenvalue weighted by Crippen LogP contribution is 2.34. The van der Waals surface area contributed by atoms with E-state index in [1.54, 1.807) is 0 Å². The van der Waals surface area contributed by atoms with Gasteiger partial charge in [0, 0.05) is 6.07 Å². The molecule has 0 heterocycles. The molecule has 1 aromatic rings. The second kappa shape index (κ2) is 9.87. The van der Waals surface area contributed by atoms with Crippen molar-refractivity contribution in [1.82, 2.24) is 0 Å². The van der Waals surface area contributed by atoms with Crippen LogP contribution in [-0.2, 0) is 6.42 Å². The molecule has 21 heavy (non-hydrogen) atoms. The highest BCUT2D eigenvalue weighted by Gasteiger charge is 2.13. The van der Waals surface area contributed by atoms with Gasteiger partial charge >= 0.3 is 0 Å². The lowest BCUT2D eigenvalue weighted by Gasteiger charge is -2.16. The molecule has 0 bridgehead atoms. The second-order valence-electron chi connectivity index (χ2n) is 4.96. The van der Waals surface area contributed by atoms with Crippen molar-refractivity contribution in [3.8, 4) is 11.5 Å². The molecule has 0 aliphatic rings. The van der Waals surface area contributed by atoms with Crippen LogP contribution in [0.3, 0.4) is 0 Å². The first kappa shape index (κ1) is 18.1. The van der Waals surface area contributed by atoms with Crippen LogP contribution in [0.2, 0.25) is 5.02 Å². The molecule has 0 radical (unpaired) electrons. The van der Waals surface area contributed by atoms with Gasteiger partial charge in [-0.2, -0.15) is 0 Å². The topological polar surface area (TPSA) is 58.9 Å². The molecular formula is C16H25ClO4. The van der Waals surface area contributed by atoms with Crippen LogP contribution in [0.15, 0.2) is 12.1 Å². The lowest BCUT2D eigenvalue weighted by Crippen LogP contribution is -2.13. The smallest absolute Gasteiger partial charge is 0.141 e. The summed E-state index contributed by atoms with van der Waals surface area (Å²) in [5, 5.41) is 18.9. The van der Waals surface area contributed by atoms with Gasteiger partial charge in [0.05, 0.1) is 30.9 Å². The zero-order valence-corrected chi connectivity index (χ0v) is 13.5. The molecule has 1 rings (SSSR count). The third kappa shape index (κ3) is 6.12. The molecule has 0 saturated carbocycles. The average Bonchev–Trinajstić information content (AvgIpc) is 2.50. The molecule has 4 nitrogen and oxygen atoms in total. The van der Waals surface area contributed by atoms with E-state index in [2.05, 4.69) is 0 Å². The van der Waals surface area contributed by atoms with Crippen molar-refractivity contribution in [1.29, 1.82) is 0 Å². The second-order valence-corrected chi connectivity index (χ2v) is 5.37. The van der Waals surface area contributed by atoms with Crippen molar-refractivity contribution in [2.45, 2.75) is 45.6 Å². The maximum atomic E-state index is 9.48. The molecule has 0 fully saturated rings. The fourth-order valence-corrected chi connectivity index (χ4v) is 2.09. The molecule has 0 amide bonds. The number of hydrogen-bond donors (Lipinski definition) is 2. The van der Waals surface area contributed by atoms with E-state index in [0.29, 0.717) is 36.8 Å². The quantitative estimate of drug-likeness (QED) is 0.696. The van der Waals surface area contributed by atoms with E-state index >= 15 is 0 Å². The standard InChI is InChI=1S/C16H25ClO4/c1-3-7-20-15-10-16(21-8-4-2)14(17)9-12(15)5-6-13(19)11-18/h9-10,13,18-19H,3-8,11H2,1-2H3. The Morgan fingerprint density at radius 1 is 1.10 bits per heavy atom. The minimum Gasteiger partial charge on any atom is -0.493 e. The molecule has 0 saturated heterocycles. The fraction of sp³-hybridized carbons (Fsp3) is 0.625. The van der Waals surface area contributed by atoms with Crippen molar-refractivity contribution in [3.05, 3.63) is 22.7 Å². The molecule has 1 unspecified atom stereocenters. The first-order valence-corrected chi connectivity index (χ1v) is 7.87. The Kier molecular flexibility index (Phi) is 8.50. The predicted octanol–water partition coefficient (Wildman–Crippen LogP) is 3.20. The first-order valence-electron chi connectivity index (χ1n) is 7.49. The van der Waals surface area contributed by atoms with Crippen molar-refractivity contribution in [2.75, 3.05) is 19.8 Å². The normalized spacial score (nSPS) is 12.2. The van der Waals surface area contributed by atoms with Gasteiger partial charge in [0.1, 0.15) is 11.5 Å². The summed E-state index contributed by atoms with van der Waals surface area (Å²) in [7, 11) is 0. The van der Waals surface area contributed by atoms with E-state index in [0.717, 1.165) is 24.2 Å². The lowest BCUT2D eigenvalue weighted by molar-refractivity contribution is 0.0884. The van der Waals surface area contributed by atoms with Gasteiger partial charge in [0.25, 0.3) is 0 Å². The SMILES string of the molecule is CCCOc1cc(OCCC)c(CCC(O)CO)cc1Cl. The highest BCUT2D eigenvalue weighted by atomic mass is 35.5. The zero-order valence-electron chi connectivity index (χ0n) is 12.8. The number of halogens is 1. The maximum Gasteiger partial charge on any atom is 0.141 e. The van der Waals surface area contributed by atoms with Crippen molar-refractivity contribution >= 4 is 11.6 Å². The summed E-state index contributed by atoms with van der Waals surface area (Å²) in [6.45, 7) is 5.06. The lowest BCUT2D eigenvalue weighted by atomic mass is 10.1. The van der Waals surface area contributed by atoms with E-state index in [9.17, 15) is 5.11 Å². The third-order valence-corrected chi connectivity index (χ3v) is 3.29. The molecule has 0 spiro atoms. The average molecular weight is 317 g/mol. The molecule has 0 aliphatic heterocycles. The van der Waals surface area contributed by atoms with Gasteiger partial charge in [-0.1, -0.05) is 25.4 Å². The Morgan fingerprint density at radius 2 is 1.71 bits per heavy atom. The third-order valence-electron chi connectivity index (χ3n) is 3.00. The fourth-order valence-electron chi connectivity index (χ4n) is 1.85. The summed E-state index contributed by atoms with van der Waals surface area (Å²) < 4.78 is 11.4. The van der Waals surface area contributed by atoms with Gasteiger partial charge in [-0.3, -0.25) is 0 Å². The van der Waals surface area contributed by atoms with Gasteiger partial charge < -0.3 is 19.7 Å². The molecular weight excluding hydrogens is 292 g/mol. The molecule has 0 aromatic heterocycles. The van der Waals surface area contributed by atoms with Gasteiger partial charge in [-0.25, -0.2) is 0 Å². The number of benzene rings is 1. The van der Waals surface area contributed by atoms with E-state index < -0.39 is 6.10 Å². The van der Waals surface area contributed by atoms with Gasteiger partial charge in [-0.05, 0) is 37.3 Å². The molecule has 120 valence electrons. The van der Waals surface area contributed by atoms with Crippen LogP contribution in [0, 0.1) is 0 Å². The van der Waals surface area contributed by atoms with Crippen molar-refractivity contribution < 1.29 is 19.7 Å². The molecule has 1 atom stereocenters. The number of hydrogen-bond acceptors (Lipinski definition) is 4. The Bertz CT molecular complexity index is 423. The molecule has 1 aromatic carbocycles. The maximum absolute atomic E-state index is 9.48. The van der Waals surface area contributed by atoms with Crippen molar-refractivity contribution in [3.63, 3.8) is 0 Å². The minimum atomic E-state index is -0.723. The van der Waals surface area contributed by atoms with Gasteiger partial charge in [0.15, 0.2) is 0 Å². The number of aryl methyl sites for hydroxylation is 1. The van der Waals surface area contributed by atoms with Gasteiger partial charge in [-0.15, -0.1) is 0 Å². The van der Waals surface area contributed by atoms with E-state index in [4.69, 9.17) is 26.2 Å². The monoisotopic (exact) mass is 316 g/mol. The number of aliphatic hydroxyl groups excluding tert-OH is 2. The first-order chi connectivity index (χ1) is 10.1. The summed E-state index contributed by atoms with van der Waals surface area (Å²) in [5.41, 5.74) is 0.921. The molecule has 5 heteroatoms. The predicted molar refractivity (Wildman–Crippen MR) is 84.4 cm³/mol. The highest BCUT2D eigenvalue weighted by molar-refractivity contribution is 6.32. The van der Waals surface area contributed by atoms with Crippen LogP contribution < -0.4 is 9.47 Å². The van der Waals surface area contributed by atoms with Crippen molar-refractivity contribution in [2.24, 2.45) is 0 Å². The van der Waals surface area contributed by atoms with Crippen LogP contribution in [0.4, 0.5) is 0 Å². The van der Waals surface area contributed by atoms with E-state index in [-0.39, 0.29) is 6.61 Å². The number of ether oxygens (including phenoxy) is 2. The number of rotatable bonds is 10. The summed E-state index contributed by atoms with van der Waals surface area (Å²) in [4.78, 5) is 0. The Balaban J connectivity index is 2.89. The zero-order chi connectivity index (χ0) is 15.7. The Hall–Kier alpha value is -0.970.